The molecule has 10 nitrogen and oxygen atoms in total. The minimum Gasteiger partial charge on any atom is -0.484 e. The van der Waals surface area contributed by atoms with Gasteiger partial charge in [-0.25, -0.2) is 8.42 Å². The first-order valence-corrected chi connectivity index (χ1v) is 11.8. The highest BCUT2D eigenvalue weighted by Gasteiger charge is 2.21. The zero-order chi connectivity index (χ0) is 23.8. The van der Waals surface area contributed by atoms with Crippen LogP contribution in [0.4, 0.5) is 0 Å². The third-order valence-corrected chi connectivity index (χ3v) is 6.37. The van der Waals surface area contributed by atoms with E-state index in [9.17, 15) is 18.0 Å². The number of aromatic nitrogens is 2. The highest BCUT2D eigenvalue weighted by molar-refractivity contribution is 7.90. The van der Waals surface area contributed by atoms with Gasteiger partial charge in [0.25, 0.3) is 5.91 Å². The van der Waals surface area contributed by atoms with Crippen LogP contribution in [0.25, 0.3) is 0 Å². The lowest BCUT2D eigenvalue weighted by Gasteiger charge is -2.08. The number of carbonyl (C=O) groups is 2. The first kappa shape index (κ1) is 24.2. The normalized spacial score (nSPS) is 11.1. The van der Waals surface area contributed by atoms with Gasteiger partial charge in [-0.2, -0.15) is 4.98 Å². The van der Waals surface area contributed by atoms with Gasteiger partial charge in [-0.15, -0.1) is 0 Å². The second-order valence-corrected chi connectivity index (χ2v) is 9.29. The van der Waals surface area contributed by atoms with E-state index in [1.807, 2.05) is 6.92 Å². The molecule has 1 aromatic heterocycles. The van der Waals surface area contributed by atoms with Crippen molar-refractivity contribution in [3.05, 3.63) is 70.8 Å². The summed E-state index contributed by atoms with van der Waals surface area (Å²) in [5.74, 6) is -1.55. The molecule has 12 heteroatoms. The van der Waals surface area contributed by atoms with Crippen molar-refractivity contribution < 1.29 is 27.3 Å². The molecule has 0 aliphatic carbocycles. The van der Waals surface area contributed by atoms with Gasteiger partial charge in [-0.05, 0) is 42.8 Å². The highest BCUT2D eigenvalue weighted by atomic mass is 35.5. The molecule has 0 unspecified atom stereocenters. The van der Waals surface area contributed by atoms with Gasteiger partial charge in [0.1, 0.15) is 11.5 Å². The predicted molar refractivity (Wildman–Crippen MR) is 119 cm³/mol. The lowest BCUT2D eigenvalue weighted by atomic mass is 10.2. The Kier molecular flexibility index (Phi) is 8.01. The van der Waals surface area contributed by atoms with Gasteiger partial charge in [-0.3, -0.25) is 9.59 Å². The predicted octanol–water partition coefficient (Wildman–Crippen LogP) is 1.93. The molecule has 33 heavy (non-hydrogen) atoms. The molecule has 0 bridgehead atoms. The van der Waals surface area contributed by atoms with Crippen molar-refractivity contribution in [2.45, 2.75) is 17.6 Å². The van der Waals surface area contributed by atoms with E-state index in [1.54, 1.807) is 36.4 Å². The Bertz CT molecular complexity index is 1230. The molecule has 2 aromatic carbocycles. The average Bonchev–Trinajstić information content (AvgIpc) is 3.26. The van der Waals surface area contributed by atoms with Crippen LogP contribution in [-0.2, 0) is 20.4 Å². The summed E-state index contributed by atoms with van der Waals surface area (Å²) in [5, 5.41) is 9.24. The summed E-state index contributed by atoms with van der Waals surface area (Å²) in [7, 11) is -3.67. The number of benzene rings is 2. The van der Waals surface area contributed by atoms with Crippen LogP contribution < -0.4 is 15.4 Å². The number of carbonyl (C=O) groups excluding carboxylic acids is 2. The Hall–Kier alpha value is -3.44. The van der Waals surface area contributed by atoms with Crippen LogP contribution in [0.5, 0.6) is 5.75 Å². The van der Waals surface area contributed by atoms with Gasteiger partial charge in [0.05, 0.1) is 4.90 Å². The molecule has 0 saturated heterocycles. The fraction of sp³-hybridized carbons (Fsp3) is 0.238. The number of ether oxygens (including phenoxy) is 1. The highest BCUT2D eigenvalue weighted by Crippen LogP contribution is 2.20. The van der Waals surface area contributed by atoms with Crippen LogP contribution >= 0.6 is 11.6 Å². The van der Waals surface area contributed by atoms with E-state index in [-0.39, 0.29) is 42.2 Å². The maximum absolute atomic E-state index is 12.4. The number of nitrogens with one attached hydrogen (secondary N) is 2. The van der Waals surface area contributed by atoms with Crippen molar-refractivity contribution in [2.24, 2.45) is 0 Å². The number of sulfone groups is 1. The lowest BCUT2D eigenvalue weighted by Crippen LogP contribution is -2.36. The van der Waals surface area contributed by atoms with Crippen molar-refractivity contribution in [3.8, 4) is 5.75 Å². The monoisotopic (exact) mass is 492 g/mol. The van der Waals surface area contributed by atoms with Gasteiger partial charge in [0, 0.05) is 18.1 Å². The van der Waals surface area contributed by atoms with E-state index >= 15 is 0 Å². The summed E-state index contributed by atoms with van der Waals surface area (Å²) in [6.07, 6.45) is 0. The van der Waals surface area contributed by atoms with Gasteiger partial charge >= 0.3 is 11.8 Å². The van der Waals surface area contributed by atoms with Crippen molar-refractivity contribution in [3.63, 3.8) is 0 Å². The summed E-state index contributed by atoms with van der Waals surface area (Å²) in [6, 6.07) is 12.9. The van der Waals surface area contributed by atoms with E-state index in [4.69, 9.17) is 20.9 Å². The fourth-order valence-corrected chi connectivity index (χ4v) is 3.96. The molecule has 1 heterocycles. The zero-order valence-electron chi connectivity index (χ0n) is 17.6. The lowest BCUT2D eigenvalue weighted by molar-refractivity contribution is -0.123. The second-order valence-electron chi connectivity index (χ2n) is 6.89. The summed E-state index contributed by atoms with van der Waals surface area (Å²) >= 11 is 5.94. The van der Waals surface area contributed by atoms with E-state index in [1.165, 1.54) is 12.1 Å². The largest absolute Gasteiger partial charge is 0.484 e. The maximum atomic E-state index is 12.4. The molecule has 0 aliphatic heterocycles. The molecule has 0 saturated carbocycles. The number of amides is 2. The van der Waals surface area contributed by atoms with Crippen molar-refractivity contribution in [1.29, 1.82) is 0 Å². The number of nitrogens with zero attached hydrogens (tertiary/aromatic N) is 2. The van der Waals surface area contributed by atoms with Crippen molar-refractivity contribution in [1.82, 2.24) is 20.8 Å². The van der Waals surface area contributed by atoms with E-state index < -0.39 is 21.5 Å². The summed E-state index contributed by atoms with van der Waals surface area (Å²) in [4.78, 5) is 27.9. The molecule has 0 radical (unpaired) electrons. The van der Waals surface area contributed by atoms with Crippen molar-refractivity contribution in [2.75, 3.05) is 19.7 Å². The Labute approximate surface area is 195 Å². The standard InChI is InChI=1S/C21H21ClN4O6S/c1-14-11-15(7-8-17(14)22)31-12-19(27)23-9-10-24-20(28)21-25-18(26-32-21)13-33(29,30)16-5-3-2-4-6-16/h2-8,11H,9-10,12-13H2,1H3,(H,23,27)(H,24,28). The van der Waals surface area contributed by atoms with Crippen molar-refractivity contribution >= 4 is 33.3 Å². The molecule has 3 aromatic rings. The molecule has 0 spiro atoms. The Morgan fingerprint density at radius 2 is 1.82 bits per heavy atom. The molecule has 3 rings (SSSR count). The average molecular weight is 493 g/mol. The molecular weight excluding hydrogens is 472 g/mol. The fourth-order valence-electron chi connectivity index (χ4n) is 2.65. The summed E-state index contributed by atoms with van der Waals surface area (Å²) in [6.45, 7) is 1.85. The van der Waals surface area contributed by atoms with Gasteiger partial charge in [0.2, 0.25) is 0 Å². The second kappa shape index (κ2) is 10.9. The van der Waals surface area contributed by atoms with Gasteiger partial charge in [-0.1, -0.05) is 35.0 Å². The topological polar surface area (TPSA) is 140 Å². The first-order chi connectivity index (χ1) is 15.7. The molecule has 0 atom stereocenters. The van der Waals surface area contributed by atoms with Crippen LogP contribution in [0.15, 0.2) is 57.9 Å². The summed E-state index contributed by atoms with van der Waals surface area (Å²) in [5.41, 5.74) is 0.833. The van der Waals surface area contributed by atoms with E-state index in [0.29, 0.717) is 10.8 Å². The number of aryl methyl sites for hydroxylation is 1. The number of halogens is 1. The minimum absolute atomic E-state index is 0.0880. The summed E-state index contributed by atoms with van der Waals surface area (Å²) < 4.78 is 34.9. The molecule has 0 fully saturated rings. The van der Waals surface area contributed by atoms with Crippen LogP contribution in [0.2, 0.25) is 5.02 Å². The SMILES string of the molecule is Cc1cc(OCC(=O)NCCNC(=O)c2nc(CS(=O)(=O)c3ccccc3)no2)ccc1Cl. The number of rotatable bonds is 10. The van der Waals surface area contributed by atoms with E-state index in [0.717, 1.165) is 5.56 Å². The van der Waals surface area contributed by atoms with Gasteiger partial charge < -0.3 is 19.9 Å². The molecule has 0 aliphatic rings. The quantitative estimate of drug-likeness (QED) is 0.409. The maximum Gasteiger partial charge on any atom is 0.315 e. The van der Waals surface area contributed by atoms with Crippen LogP contribution in [0.1, 0.15) is 22.1 Å². The van der Waals surface area contributed by atoms with Crippen LogP contribution in [0, 0.1) is 6.92 Å². The molecular formula is C21H21ClN4O6S. The smallest absolute Gasteiger partial charge is 0.315 e. The van der Waals surface area contributed by atoms with Crippen LogP contribution in [0.3, 0.4) is 0 Å². The minimum atomic E-state index is -3.67. The first-order valence-electron chi connectivity index (χ1n) is 9.79. The molecule has 174 valence electrons. The number of hydrogen-bond acceptors (Lipinski definition) is 8. The zero-order valence-corrected chi connectivity index (χ0v) is 19.1. The Balaban J connectivity index is 1.40. The van der Waals surface area contributed by atoms with Crippen LogP contribution in [-0.4, -0.2) is 50.1 Å². The Morgan fingerprint density at radius 3 is 2.55 bits per heavy atom. The number of hydrogen-bond donors (Lipinski definition) is 2. The Morgan fingerprint density at radius 1 is 1.09 bits per heavy atom. The third-order valence-electron chi connectivity index (χ3n) is 4.32. The van der Waals surface area contributed by atoms with Gasteiger partial charge in [0.15, 0.2) is 22.3 Å². The molecule has 2 N–H and O–H groups in total. The third kappa shape index (κ3) is 7.02. The molecule has 2 amide bonds. The van der Waals surface area contributed by atoms with E-state index in [2.05, 4.69) is 20.8 Å².